The van der Waals surface area contributed by atoms with Crippen molar-refractivity contribution >= 4 is 34.5 Å². The number of anilines is 1. The summed E-state index contributed by atoms with van der Waals surface area (Å²) in [4.78, 5) is 22.4. The summed E-state index contributed by atoms with van der Waals surface area (Å²) in [5, 5.41) is 8.83. The highest BCUT2D eigenvalue weighted by atomic mass is 127. The number of aromatic nitrogens is 2. The number of carboxylic acid groups (broad SMARTS) is 1. The van der Waals surface area contributed by atoms with Gasteiger partial charge >= 0.3 is 6.09 Å². The van der Waals surface area contributed by atoms with Gasteiger partial charge in [-0.25, -0.2) is 14.8 Å². The molecule has 1 saturated heterocycles. The van der Waals surface area contributed by atoms with E-state index < -0.39 is 6.09 Å². The molecule has 2 rings (SSSR count). The average molecular weight is 334 g/mol. The summed E-state index contributed by atoms with van der Waals surface area (Å²) in [6.07, 6.45) is 2.42. The Balaban J connectivity index is 2.05. The van der Waals surface area contributed by atoms with E-state index in [1.807, 2.05) is 0 Å². The van der Waals surface area contributed by atoms with Crippen molar-refractivity contribution in [1.82, 2.24) is 14.9 Å². The van der Waals surface area contributed by atoms with Crippen LogP contribution in [0.1, 0.15) is 0 Å². The normalized spacial score (nSPS) is 16.3. The molecular weight excluding hydrogens is 323 g/mol. The van der Waals surface area contributed by atoms with E-state index in [2.05, 4.69) is 37.5 Å². The number of nitrogens with zero attached hydrogens (tertiary/aromatic N) is 4. The van der Waals surface area contributed by atoms with Gasteiger partial charge in [-0.05, 0) is 22.6 Å². The molecule has 0 atom stereocenters. The minimum Gasteiger partial charge on any atom is -0.465 e. The van der Waals surface area contributed by atoms with Crippen LogP contribution in [0, 0.1) is 3.57 Å². The number of hydrogen-bond acceptors (Lipinski definition) is 4. The van der Waals surface area contributed by atoms with Gasteiger partial charge in [-0.2, -0.15) is 0 Å². The minimum atomic E-state index is -0.850. The van der Waals surface area contributed by atoms with Gasteiger partial charge in [0.1, 0.15) is 12.1 Å². The number of piperazine rings is 1. The molecule has 7 heteroatoms. The van der Waals surface area contributed by atoms with Crippen LogP contribution in [0.5, 0.6) is 0 Å². The van der Waals surface area contributed by atoms with Crippen LogP contribution < -0.4 is 4.90 Å². The van der Waals surface area contributed by atoms with E-state index in [4.69, 9.17) is 5.11 Å². The zero-order valence-corrected chi connectivity index (χ0v) is 10.7. The van der Waals surface area contributed by atoms with Crippen LogP contribution in [0.25, 0.3) is 0 Å². The molecule has 1 amide bonds. The molecule has 16 heavy (non-hydrogen) atoms. The third-order valence-electron chi connectivity index (χ3n) is 2.50. The van der Waals surface area contributed by atoms with Crippen molar-refractivity contribution in [3.63, 3.8) is 0 Å². The zero-order valence-electron chi connectivity index (χ0n) is 8.51. The molecule has 86 valence electrons. The predicted octanol–water partition coefficient (Wildman–Crippen LogP) is 0.881. The smallest absolute Gasteiger partial charge is 0.407 e. The lowest BCUT2D eigenvalue weighted by Crippen LogP contribution is -2.48. The van der Waals surface area contributed by atoms with E-state index in [1.54, 1.807) is 6.20 Å². The molecule has 1 aliphatic rings. The van der Waals surface area contributed by atoms with Gasteiger partial charge in [-0.15, -0.1) is 0 Å². The van der Waals surface area contributed by atoms with Crippen molar-refractivity contribution in [2.75, 3.05) is 31.1 Å². The van der Waals surface area contributed by atoms with E-state index in [0.29, 0.717) is 26.2 Å². The Kier molecular flexibility index (Phi) is 3.42. The maximum Gasteiger partial charge on any atom is 0.407 e. The molecule has 0 aromatic carbocycles. The van der Waals surface area contributed by atoms with Crippen molar-refractivity contribution < 1.29 is 9.90 Å². The first-order valence-electron chi connectivity index (χ1n) is 4.87. The van der Waals surface area contributed by atoms with E-state index in [1.165, 1.54) is 11.2 Å². The summed E-state index contributed by atoms with van der Waals surface area (Å²) in [5.74, 6) is 0.889. The second-order valence-electron chi connectivity index (χ2n) is 3.45. The van der Waals surface area contributed by atoms with E-state index in [0.717, 1.165) is 9.39 Å². The maximum absolute atomic E-state index is 10.7. The van der Waals surface area contributed by atoms with Gasteiger partial charge in [0.25, 0.3) is 0 Å². The van der Waals surface area contributed by atoms with Gasteiger partial charge in [-0.3, -0.25) is 0 Å². The average Bonchev–Trinajstić information content (AvgIpc) is 2.30. The van der Waals surface area contributed by atoms with Gasteiger partial charge < -0.3 is 14.9 Å². The minimum absolute atomic E-state index is 0.523. The fourth-order valence-corrected chi connectivity index (χ4v) is 2.29. The molecule has 1 aliphatic heterocycles. The quantitative estimate of drug-likeness (QED) is 0.773. The highest BCUT2D eigenvalue weighted by molar-refractivity contribution is 14.1. The SMILES string of the molecule is O=C(O)N1CCN(c2ncncc2I)CC1. The van der Waals surface area contributed by atoms with Crippen LogP contribution in [0.3, 0.4) is 0 Å². The van der Waals surface area contributed by atoms with E-state index in [9.17, 15) is 4.79 Å². The summed E-state index contributed by atoms with van der Waals surface area (Å²) in [7, 11) is 0. The molecule has 2 heterocycles. The highest BCUT2D eigenvalue weighted by Gasteiger charge is 2.22. The monoisotopic (exact) mass is 334 g/mol. The van der Waals surface area contributed by atoms with Gasteiger partial charge in [0.05, 0.1) is 3.57 Å². The van der Waals surface area contributed by atoms with Gasteiger partial charge in [0.15, 0.2) is 0 Å². The summed E-state index contributed by atoms with van der Waals surface area (Å²) in [5.41, 5.74) is 0. The number of rotatable bonds is 1. The molecule has 0 aliphatic carbocycles. The Labute approximate surface area is 106 Å². The second kappa shape index (κ2) is 4.81. The number of carbonyl (C=O) groups is 1. The third-order valence-corrected chi connectivity index (χ3v) is 3.26. The van der Waals surface area contributed by atoms with Crippen LogP contribution in [0.2, 0.25) is 0 Å². The molecular formula is C9H11IN4O2. The Hall–Kier alpha value is -1.12. The lowest BCUT2D eigenvalue weighted by atomic mass is 10.3. The lowest BCUT2D eigenvalue weighted by molar-refractivity contribution is 0.142. The molecule has 0 radical (unpaired) electrons. The Bertz CT molecular complexity index is 393. The number of amides is 1. The van der Waals surface area contributed by atoms with Crippen LogP contribution in [0.15, 0.2) is 12.5 Å². The molecule has 1 fully saturated rings. The van der Waals surface area contributed by atoms with Crippen LogP contribution in [-0.2, 0) is 0 Å². The molecule has 1 aromatic heterocycles. The molecule has 0 saturated carbocycles. The molecule has 1 aromatic rings. The Morgan fingerprint density at radius 3 is 2.62 bits per heavy atom. The van der Waals surface area contributed by atoms with E-state index in [-0.39, 0.29) is 0 Å². The standard InChI is InChI=1S/C9H11IN4O2/c10-7-5-11-6-12-8(7)13-1-3-14(4-2-13)9(15)16/h5-6H,1-4H2,(H,15,16). The summed E-state index contributed by atoms with van der Waals surface area (Å²) >= 11 is 2.18. The first-order valence-corrected chi connectivity index (χ1v) is 5.94. The van der Waals surface area contributed by atoms with Crippen molar-refractivity contribution in [1.29, 1.82) is 0 Å². The molecule has 0 unspecified atom stereocenters. The van der Waals surface area contributed by atoms with Gasteiger partial charge in [0, 0.05) is 32.4 Å². The van der Waals surface area contributed by atoms with E-state index >= 15 is 0 Å². The van der Waals surface area contributed by atoms with Crippen LogP contribution >= 0.6 is 22.6 Å². The topological polar surface area (TPSA) is 69.6 Å². The second-order valence-corrected chi connectivity index (χ2v) is 4.61. The van der Waals surface area contributed by atoms with Crippen molar-refractivity contribution in [3.05, 3.63) is 16.1 Å². The first-order chi connectivity index (χ1) is 7.68. The molecule has 0 bridgehead atoms. The van der Waals surface area contributed by atoms with Crippen LogP contribution in [-0.4, -0.2) is 52.2 Å². The van der Waals surface area contributed by atoms with Crippen molar-refractivity contribution in [3.8, 4) is 0 Å². The fraction of sp³-hybridized carbons (Fsp3) is 0.444. The first kappa shape index (κ1) is 11.4. The van der Waals surface area contributed by atoms with Crippen molar-refractivity contribution in [2.45, 2.75) is 0 Å². The number of halogens is 1. The maximum atomic E-state index is 10.7. The third kappa shape index (κ3) is 2.34. The van der Waals surface area contributed by atoms with Crippen LogP contribution in [0.4, 0.5) is 10.6 Å². The van der Waals surface area contributed by atoms with Gasteiger partial charge in [-0.1, -0.05) is 0 Å². The summed E-state index contributed by atoms with van der Waals surface area (Å²) in [6.45, 7) is 2.41. The molecule has 0 spiro atoms. The number of hydrogen-bond donors (Lipinski definition) is 1. The zero-order chi connectivity index (χ0) is 11.5. The molecule has 1 N–H and O–H groups in total. The largest absolute Gasteiger partial charge is 0.465 e. The molecule has 6 nitrogen and oxygen atoms in total. The summed E-state index contributed by atoms with van der Waals surface area (Å²) in [6, 6.07) is 0. The van der Waals surface area contributed by atoms with Crippen molar-refractivity contribution in [2.24, 2.45) is 0 Å². The Morgan fingerprint density at radius 1 is 1.38 bits per heavy atom. The predicted molar refractivity (Wildman–Crippen MR) is 66.6 cm³/mol. The Morgan fingerprint density at radius 2 is 2.06 bits per heavy atom. The fourth-order valence-electron chi connectivity index (χ4n) is 1.65. The highest BCUT2D eigenvalue weighted by Crippen LogP contribution is 2.19. The summed E-state index contributed by atoms with van der Waals surface area (Å²) < 4.78 is 0.990. The lowest BCUT2D eigenvalue weighted by Gasteiger charge is -2.34. The van der Waals surface area contributed by atoms with Gasteiger partial charge in [0.2, 0.25) is 0 Å².